The van der Waals surface area contributed by atoms with Crippen molar-refractivity contribution in [1.29, 1.82) is 0 Å². The Morgan fingerprint density at radius 1 is 1.18 bits per heavy atom. The van der Waals surface area contributed by atoms with Crippen molar-refractivity contribution in [2.45, 2.75) is 44.9 Å². The van der Waals surface area contributed by atoms with Gasteiger partial charge in [-0.05, 0) is 38.5 Å². The maximum Gasteiger partial charge on any atom is 0.427 e. The van der Waals surface area contributed by atoms with Crippen LogP contribution in [0.2, 0.25) is 0 Å². The summed E-state index contributed by atoms with van der Waals surface area (Å²) in [6.45, 7) is 2.53. The fraction of sp³-hybridized carbons (Fsp3) is 0.857. The van der Waals surface area contributed by atoms with Gasteiger partial charge in [0.05, 0.1) is 0 Å². The molecule has 126 valence electrons. The average Bonchev–Trinajstić information content (AvgIpc) is 2.94. The van der Waals surface area contributed by atoms with Gasteiger partial charge in [-0.25, -0.2) is 4.79 Å². The Bertz CT molecular complexity index is 439. The number of carbonyl (C=O) groups is 2. The minimum Gasteiger partial charge on any atom is -0.434 e. The molecule has 1 aliphatic carbocycles. The van der Waals surface area contributed by atoms with E-state index in [4.69, 9.17) is 0 Å². The van der Waals surface area contributed by atoms with Gasteiger partial charge in [-0.15, -0.1) is 0 Å². The lowest BCUT2D eigenvalue weighted by Gasteiger charge is -2.27. The molecule has 2 atom stereocenters. The van der Waals surface area contributed by atoms with Gasteiger partial charge in [-0.2, -0.15) is 13.2 Å². The number of hydrogen-bond donors (Lipinski definition) is 1. The first-order chi connectivity index (χ1) is 10.1. The third-order valence-electron chi connectivity index (χ3n) is 4.49. The number of hydrogen-bond acceptors (Lipinski definition) is 3. The van der Waals surface area contributed by atoms with Crippen LogP contribution in [-0.4, -0.2) is 48.3 Å². The third kappa shape index (κ3) is 3.64. The topological polar surface area (TPSA) is 58.6 Å². The number of fused-ring (bicyclic) bond motifs is 1. The van der Waals surface area contributed by atoms with E-state index in [0.717, 1.165) is 26.7 Å². The summed E-state index contributed by atoms with van der Waals surface area (Å²) in [7, 11) is 0. The van der Waals surface area contributed by atoms with Gasteiger partial charge in [0.1, 0.15) is 6.54 Å². The van der Waals surface area contributed by atoms with E-state index < -0.39 is 17.9 Å². The monoisotopic (exact) mass is 322 g/mol. The van der Waals surface area contributed by atoms with Crippen molar-refractivity contribution >= 4 is 12.0 Å². The highest BCUT2D eigenvalue weighted by atomic mass is 19.4. The normalized spacial score (nSPS) is 25.0. The zero-order chi connectivity index (χ0) is 16.5. The highest BCUT2D eigenvalue weighted by molar-refractivity contribution is 5.82. The molecule has 2 amide bonds. The van der Waals surface area contributed by atoms with Gasteiger partial charge < -0.3 is 15.0 Å². The first-order valence-electron chi connectivity index (χ1n) is 7.41. The Kier molecular flexibility index (Phi) is 4.58. The van der Waals surface area contributed by atoms with Gasteiger partial charge in [-0.3, -0.25) is 4.79 Å². The number of rotatable bonds is 3. The van der Waals surface area contributed by atoms with Crippen molar-refractivity contribution in [3.63, 3.8) is 0 Å². The molecule has 5 nitrogen and oxygen atoms in total. The van der Waals surface area contributed by atoms with Crippen molar-refractivity contribution in [1.82, 2.24) is 10.2 Å². The van der Waals surface area contributed by atoms with Crippen LogP contribution in [0, 0.1) is 11.8 Å². The number of ether oxygens (including phenoxy) is 1. The standard InChI is InChI=1S/C14H21F3N2O3/c1-13(2,14(15,16)17)22-12(21)18-6-11(20)19-7-9-4-3-5-10(9)8-19/h9-10H,3-8H2,1-2H3,(H,18,21)/t9-,10+. The molecule has 0 radical (unpaired) electrons. The van der Waals surface area contributed by atoms with E-state index in [2.05, 4.69) is 10.1 Å². The number of halogens is 3. The summed E-state index contributed by atoms with van der Waals surface area (Å²) in [5, 5.41) is 2.10. The lowest BCUT2D eigenvalue weighted by Crippen LogP contribution is -2.47. The molecule has 0 aromatic carbocycles. The lowest BCUT2D eigenvalue weighted by atomic mass is 10.0. The van der Waals surface area contributed by atoms with E-state index in [0.29, 0.717) is 24.9 Å². The van der Waals surface area contributed by atoms with Gasteiger partial charge >= 0.3 is 12.3 Å². The van der Waals surface area contributed by atoms with Gasteiger partial charge in [0, 0.05) is 13.1 Å². The molecule has 2 aliphatic rings. The van der Waals surface area contributed by atoms with E-state index in [1.165, 1.54) is 6.42 Å². The molecule has 0 unspecified atom stereocenters. The predicted octanol–water partition coefficient (Wildman–Crippen LogP) is 2.31. The quantitative estimate of drug-likeness (QED) is 0.867. The van der Waals surface area contributed by atoms with Gasteiger partial charge in [0.15, 0.2) is 0 Å². The number of alkyl halides is 3. The molecule has 1 heterocycles. The first kappa shape index (κ1) is 16.9. The minimum atomic E-state index is -4.67. The molecule has 0 aromatic rings. The largest absolute Gasteiger partial charge is 0.434 e. The molecule has 2 fully saturated rings. The Hall–Kier alpha value is -1.47. The second-order valence-corrected chi connectivity index (χ2v) is 6.50. The van der Waals surface area contributed by atoms with Crippen LogP contribution in [0.5, 0.6) is 0 Å². The Balaban J connectivity index is 1.76. The van der Waals surface area contributed by atoms with E-state index in [1.807, 2.05) is 0 Å². The number of nitrogens with zero attached hydrogens (tertiary/aromatic N) is 1. The minimum absolute atomic E-state index is 0.281. The van der Waals surface area contributed by atoms with Crippen LogP contribution in [0.3, 0.4) is 0 Å². The molecule has 1 saturated carbocycles. The van der Waals surface area contributed by atoms with Crippen LogP contribution < -0.4 is 5.32 Å². The van der Waals surface area contributed by atoms with Crippen LogP contribution in [0.4, 0.5) is 18.0 Å². The van der Waals surface area contributed by atoms with Crippen molar-refractivity contribution in [2.75, 3.05) is 19.6 Å². The molecule has 1 saturated heterocycles. The average molecular weight is 322 g/mol. The highest BCUT2D eigenvalue weighted by Gasteiger charge is 2.51. The number of carbonyl (C=O) groups excluding carboxylic acids is 2. The summed E-state index contributed by atoms with van der Waals surface area (Å²) in [5.74, 6) is 0.774. The molecule has 22 heavy (non-hydrogen) atoms. The molecule has 0 bridgehead atoms. The zero-order valence-electron chi connectivity index (χ0n) is 12.7. The SMILES string of the molecule is CC(C)(OC(=O)NCC(=O)N1C[C@H]2CCC[C@H]2C1)C(F)(F)F. The van der Waals surface area contributed by atoms with E-state index in [1.54, 1.807) is 4.90 Å². The maximum atomic E-state index is 12.6. The molecular formula is C14H21F3N2O3. The molecular weight excluding hydrogens is 301 g/mol. The fourth-order valence-electron chi connectivity index (χ4n) is 3.02. The summed E-state index contributed by atoms with van der Waals surface area (Å²) in [6.07, 6.45) is -2.49. The van der Waals surface area contributed by atoms with Crippen LogP contribution in [-0.2, 0) is 9.53 Å². The van der Waals surface area contributed by atoms with E-state index in [9.17, 15) is 22.8 Å². The maximum absolute atomic E-state index is 12.6. The third-order valence-corrected chi connectivity index (χ3v) is 4.49. The van der Waals surface area contributed by atoms with E-state index in [-0.39, 0.29) is 12.5 Å². The molecule has 0 spiro atoms. The summed E-state index contributed by atoms with van der Waals surface area (Å²) >= 11 is 0. The van der Waals surface area contributed by atoms with Gasteiger partial charge in [-0.1, -0.05) is 6.42 Å². The van der Waals surface area contributed by atoms with Gasteiger partial charge in [0.2, 0.25) is 11.5 Å². The van der Waals surface area contributed by atoms with Crippen molar-refractivity contribution in [3.8, 4) is 0 Å². The summed E-state index contributed by atoms with van der Waals surface area (Å²) in [5.41, 5.74) is -2.59. The number of amides is 2. The van der Waals surface area contributed by atoms with Crippen molar-refractivity contribution < 1.29 is 27.5 Å². The predicted molar refractivity (Wildman–Crippen MR) is 72.0 cm³/mol. The Labute approximate surface area is 127 Å². The van der Waals surface area contributed by atoms with E-state index >= 15 is 0 Å². The van der Waals surface area contributed by atoms with Crippen molar-refractivity contribution in [2.24, 2.45) is 11.8 Å². The zero-order valence-corrected chi connectivity index (χ0v) is 12.7. The molecule has 1 aliphatic heterocycles. The van der Waals surface area contributed by atoms with Crippen LogP contribution >= 0.6 is 0 Å². The molecule has 0 aromatic heterocycles. The fourth-order valence-corrected chi connectivity index (χ4v) is 3.02. The second kappa shape index (κ2) is 5.96. The van der Waals surface area contributed by atoms with Crippen molar-refractivity contribution in [3.05, 3.63) is 0 Å². The Morgan fingerprint density at radius 3 is 2.23 bits per heavy atom. The summed E-state index contributed by atoms with van der Waals surface area (Å²) in [4.78, 5) is 25.1. The molecule has 1 N–H and O–H groups in total. The lowest BCUT2D eigenvalue weighted by molar-refractivity contribution is -0.243. The number of nitrogens with one attached hydrogen (secondary N) is 1. The highest BCUT2D eigenvalue weighted by Crippen LogP contribution is 2.37. The summed E-state index contributed by atoms with van der Waals surface area (Å²) < 4.78 is 42.1. The van der Waals surface area contributed by atoms with Crippen LogP contribution in [0.25, 0.3) is 0 Å². The van der Waals surface area contributed by atoms with Gasteiger partial charge in [0.25, 0.3) is 0 Å². The Morgan fingerprint density at radius 2 is 1.73 bits per heavy atom. The molecule has 2 rings (SSSR count). The molecule has 8 heteroatoms. The first-order valence-corrected chi connectivity index (χ1v) is 7.41. The number of likely N-dealkylation sites (tertiary alicyclic amines) is 1. The number of alkyl carbamates (subject to hydrolysis) is 1. The van der Waals surface area contributed by atoms with Crippen LogP contribution in [0.15, 0.2) is 0 Å². The van der Waals surface area contributed by atoms with Crippen LogP contribution in [0.1, 0.15) is 33.1 Å². The second-order valence-electron chi connectivity index (χ2n) is 6.50. The smallest absolute Gasteiger partial charge is 0.427 e. The summed E-state index contributed by atoms with van der Waals surface area (Å²) in [6, 6.07) is 0.